The van der Waals surface area contributed by atoms with Gasteiger partial charge >= 0.3 is 0 Å². The number of aliphatic hydroxyl groups excluding tert-OH is 1. The Hall–Kier alpha value is -2.73. The minimum Gasteiger partial charge on any atom is -0.494 e. The van der Waals surface area contributed by atoms with Crippen LogP contribution in [-0.2, 0) is 0 Å². The van der Waals surface area contributed by atoms with Crippen molar-refractivity contribution >= 4 is 16.8 Å². The zero-order valence-corrected chi connectivity index (χ0v) is 12.7. The number of carbonyl (C=O) groups is 1. The predicted molar refractivity (Wildman–Crippen MR) is 85.5 cm³/mol. The third-order valence-electron chi connectivity index (χ3n) is 3.48. The van der Waals surface area contributed by atoms with Crippen LogP contribution in [0.15, 0.2) is 47.1 Å². The first-order valence-electron chi connectivity index (χ1n) is 7.42. The van der Waals surface area contributed by atoms with Crippen molar-refractivity contribution in [2.24, 2.45) is 0 Å². The van der Waals surface area contributed by atoms with Crippen LogP contribution in [0, 0.1) is 0 Å². The van der Waals surface area contributed by atoms with E-state index in [0.717, 1.165) is 16.7 Å². The molecule has 6 nitrogen and oxygen atoms in total. The number of ether oxygens (including phenoxy) is 1. The van der Waals surface area contributed by atoms with Gasteiger partial charge in [0.1, 0.15) is 23.3 Å². The smallest absolute Gasteiger partial charge is 0.267 e. The van der Waals surface area contributed by atoms with E-state index in [4.69, 9.17) is 9.15 Å². The number of benzene rings is 1. The minimum absolute atomic E-state index is 0.0753. The summed E-state index contributed by atoms with van der Waals surface area (Å²) in [7, 11) is 0. The molecule has 3 rings (SSSR count). The minimum atomic E-state index is -0.872. The average Bonchev–Trinajstić information content (AvgIpc) is 3.21. The Bertz CT molecular complexity index is 792. The first-order chi connectivity index (χ1) is 11.2. The number of hydrogen-bond acceptors (Lipinski definition) is 4. The van der Waals surface area contributed by atoms with E-state index >= 15 is 0 Å². The van der Waals surface area contributed by atoms with Crippen molar-refractivity contribution in [2.75, 3.05) is 13.2 Å². The van der Waals surface area contributed by atoms with Crippen LogP contribution >= 0.6 is 0 Å². The summed E-state index contributed by atoms with van der Waals surface area (Å²) < 4.78 is 10.5. The van der Waals surface area contributed by atoms with Crippen LogP contribution in [0.3, 0.4) is 0 Å². The summed E-state index contributed by atoms with van der Waals surface area (Å²) in [5.41, 5.74) is 1.26. The molecule has 0 aliphatic heterocycles. The van der Waals surface area contributed by atoms with Crippen molar-refractivity contribution in [3.63, 3.8) is 0 Å². The molecule has 2 aromatic heterocycles. The van der Waals surface area contributed by atoms with Crippen LogP contribution in [0.4, 0.5) is 0 Å². The van der Waals surface area contributed by atoms with Gasteiger partial charge in [-0.15, -0.1) is 0 Å². The van der Waals surface area contributed by atoms with Crippen molar-refractivity contribution in [1.29, 1.82) is 0 Å². The van der Waals surface area contributed by atoms with Crippen LogP contribution in [0.5, 0.6) is 5.75 Å². The third kappa shape index (κ3) is 3.37. The van der Waals surface area contributed by atoms with Crippen LogP contribution in [0.1, 0.15) is 29.3 Å². The summed E-state index contributed by atoms with van der Waals surface area (Å²) in [5, 5.41) is 13.5. The summed E-state index contributed by atoms with van der Waals surface area (Å²) in [6.07, 6.45) is 0.608. The molecule has 0 spiro atoms. The number of H-pyrrole nitrogens is 1. The fourth-order valence-electron chi connectivity index (χ4n) is 2.35. The van der Waals surface area contributed by atoms with E-state index in [0.29, 0.717) is 18.1 Å². The molecule has 0 bridgehead atoms. The molecule has 0 aliphatic carbocycles. The Morgan fingerprint density at radius 3 is 3.00 bits per heavy atom. The van der Waals surface area contributed by atoms with Gasteiger partial charge in [0.05, 0.1) is 19.4 Å². The van der Waals surface area contributed by atoms with Crippen molar-refractivity contribution in [1.82, 2.24) is 10.3 Å². The van der Waals surface area contributed by atoms with Gasteiger partial charge in [-0.25, -0.2) is 0 Å². The summed E-state index contributed by atoms with van der Waals surface area (Å²) >= 11 is 0. The molecule has 1 unspecified atom stereocenters. The van der Waals surface area contributed by atoms with E-state index in [1.807, 2.05) is 25.1 Å². The first kappa shape index (κ1) is 15.2. The first-order valence-corrected chi connectivity index (χ1v) is 7.42. The molecular weight excluding hydrogens is 296 g/mol. The van der Waals surface area contributed by atoms with Gasteiger partial charge in [0.25, 0.3) is 5.91 Å². The Balaban J connectivity index is 1.68. The molecule has 1 atom stereocenters. The molecule has 2 heterocycles. The summed E-state index contributed by atoms with van der Waals surface area (Å²) in [4.78, 5) is 15.2. The highest BCUT2D eigenvalue weighted by molar-refractivity contribution is 5.98. The zero-order chi connectivity index (χ0) is 16.2. The second-order valence-electron chi connectivity index (χ2n) is 5.11. The van der Waals surface area contributed by atoms with E-state index in [1.54, 1.807) is 18.2 Å². The second-order valence-corrected chi connectivity index (χ2v) is 5.11. The molecular formula is C17H18N2O4. The number of amides is 1. The molecule has 1 amide bonds. The maximum Gasteiger partial charge on any atom is 0.267 e. The number of nitrogens with one attached hydrogen (secondary N) is 2. The van der Waals surface area contributed by atoms with E-state index in [-0.39, 0.29) is 12.5 Å². The lowest BCUT2D eigenvalue weighted by Crippen LogP contribution is -2.28. The SMILES string of the molecule is CCOc1ccc2cc(C(=O)NCC(O)c3ccco3)[nH]c2c1. The lowest BCUT2D eigenvalue weighted by atomic mass is 10.2. The quantitative estimate of drug-likeness (QED) is 0.652. The summed E-state index contributed by atoms with van der Waals surface area (Å²) in [6.45, 7) is 2.58. The highest BCUT2D eigenvalue weighted by Crippen LogP contribution is 2.21. The molecule has 120 valence electrons. The molecule has 0 fully saturated rings. The van der Waals surface area contributed by atoms with Crippen molar-refractivity contribution in [3.8, 4) is 5.75 Å². The van der Waals surface area contributed by atoms with Crippen LogP contribution in [0.25, 0.3) is 10.9 Å². The van der Waals surface area contributed by atoms with E-state index in [2.05, 4.69) is 10.3 Å². The number of aromatic amines is 1. The van der Waals surface area contributed by atoms with E-state index < -0.39 is 6.10 Å². The van der Waals surface area contributed by atoms with Gasteiger partial charge in [0.2, 0.25) is 0 Å². The standard InChI is InChI=1S/C17H18N2O4/c1-2-22-12-6-5-11-8-14(19-13(11)9-12)17(21)18-10-15(20)16-4-3-7-23-16/h3-9,15,19-20H,2,10H2,1H3,(H,18,21). The second kappa shape index (κ2) is 6.58. The maximum absolute atomic E-state index is 12.2. The Labute approximate surface area is 133 Å². The van der Waals surface area contributed by atoms with Gasteiger partial charge in [0.15, 0.2) is 0 Å². The number of aromatic nitrogens is 1. The number of aliphatic hydroxyl groups is 1. The highest BCUT2D eigenvalue weighted by Gasteiger charge is 2.14. The third-order valence-corrected chi connectivity index (χ3v) is 3.48. The fourth-order valence-corrected chi connectivity index (χ4v) is 2.35. The molecule has 0 saturated heterocycles. The molecule has 3 N–H and O–H groups in total. The van der Waals surface area contributed by atoms with Crippen LogP contribution < -0.4 is 10.1 Å². The number of furan rings is 1. The number of carbonyl (C=O) groups excluding carboxylic acids is 1. The van der Waals surface area contributed by atoms with Gasteiger partial charge in [-0.1, -0.05) is 0 Å². The van der Waals surface area contributed by atoms with Crippen molar-refractivity contribution < 1.29 is 19.1 Å². The van der Waals surface area contributed by atoms with Crippen LogP contribution in [0.2, 0.25) is 0 Å². The lowest BCUT2D eigenvalue weighted by Gasteiger charge is -2.08. The monoisotopic (exact) mass is 314 g/mol. The summed E-state index contributed by atoms with van der Waals surface area (Å²) in [5.74, 6) is 0.884. The van der Waals surface area contributed by atoms with Crippen molar-refractivity contribution in [3.05, 3.63) is 54.1 Å². The van der Waals surface area contributed by atoms with Gasteiger partial charge in [-0.05, 0) is 37.3 Å². The molecule has 0 aliphatic rings. The lowest BCUT2D eigenvalue weighted by molar-refractivity contribution is 0.0897. The molecule has 1 aromatic carbocycles. The molecule has 6 heteroatoms. The van der Waals surface area contributed by atoms with E-state index in [9.17, 15) is 9.90 Å². The normalized spacial score (nSPS) is 12.3. The number of fused-ring (bicyclic) bond motifs is 1. The number of rotatable bonds is 6. The topological polar surface area (TPSA) is 87.5 Å². The maximum atomic E-state index is 12.2. The van der Waals surface area contributed by atoms with Gasteiger partial charge < -0.3 is 24.6 Å². The average molecular weight is 314 g/mol. The molecule has 23 heavy (non-hydrogen) atoms. The number of hydrogen-bond donors (Lipinski definition) is 3. The van der Waals surface area contributed by atoms with Crippen LogP contribution in [-0.4, -0.2) is 29.1 Å². The highest BCUT2D eigenvalue weighted by atomic mass is 16.5. The fraction of sp³-hybridized carbons (Fsp3) is 0.235. The summed E-state index contributed by atoms with van der Waals surface area (Å²) in [6, 6.07) is 10.7. The Kier molecular flexibility index (Phi) is 4.34. The molecule has 3 aromatic rings. The van der Waals surface area contributed by atoms with E-state index in [1.165, 1.54) is 6.26 Å². The Morgan fingerprint density at radius 1 is 1.39 bits per heavy atom. The zero-order valence-electron chi connectivity index (χ0n) is 12.7. The Morgan fingerprint density at radius 2 is 2.26 bits per heavy atom. The molecule has 0 saturated carbocycles. The van der Waals surface area contributed by atoms with Gasteiger partial charge in [-0.3, -0.25) is 4.79 Å². The van der Waals surface area contributed by atoms with Crippen molar-refractivity contribution in [2.45, 2.75) is 13.0 Å². The predicted octanol–water partition coefficient (Wildman–Crippen LogP) is 2.62. The van der Waals surface area contributed by atoms with Gasteiger partial charge in [0, 0.05) is 17.0 Å². The largest absolute Gasteiger partial charge is 0.494 e. The molecule has 0 radical (unpaired) electrons. The van der Waals surface area contributed by atoms with Gasteiger partial charge in [-0.2, -0.15) is 0 Å².